The van der Waals surface area contributed by atoms with E-state index in [1.54, 1.807) is 17.8 Å². The molecule has 0 aliphatic carbocycles. The van der Waals surface area contributed by atoms with Gasteiger partial charge in [0.1, 0.15) is 0 Å². The SMILES string of the molecule is CSCC[C@H](N)C(=O)Nc1ccc(NC(C)c2ccccc2)c(Cl)c1. The molecular formula is C19H24ClN3OS. The number of amides is 1. The Kier molecular flexibility index (Phi) is 7.62. The summed E-state index contributed by atoms with van der Waals surface area (Å²) in [6.07, 6.45) is 2.64. The van der Waals surface area contributed by atoms with Crippen LogP contribution in [-0.2, 0) is 4.79 Å². The molecule has 6 heteroatoms. The van der Waals surface area contributed by atoms with Gasteiger partial charge in [-0.1, -0.05) is 41.9 Å². The maximum absolute atomic E-state index is 12.1. The molecule has 0 bridgehead atoms. The number of benzene rings is 2. The van der Waals surface area contributed by atoms with Crippen molar-refractivity contribution in [1.82, 2.24) is 0 Å². The zero-order valence-electron chi connectivity index (χ0n) is 14.5. The first-order valence-corrected chi connectivity index (χ1v) is 9.95. The molecule has 134 valence electrons. The smallest absolute Gasteiger partial charge is 0.241 e. The summed E-state index contributed by atoms with van der Waals surface area (Å²) in [4.78, 5) is 12.1. The molecule has 0 fully saturated rings. The lowest BCUT2D eigenvalue weighted by molar-refractivity contribution is -0.117. The Hall–Kier alpha value is -1.69. The van der Waals surface area contributed by atoms with Gasteiger partial charge in [-0.3, -0.25) is 4.79 Å². The fraction of sp³-hybridized carbons (Fsp3) is 0.316. The van der Waals surface area contributed by atoms with E-state index in [-0.39, 0.29) is 11.9 Å². The molecule has 0 radical (unpaired) electrons. The highest BCUT2D eigenvalue weighted by atomic mass is 35.5. The summed E-state index contributed by atoms with van der Waals surface area (Å²) in [5.41, 5.74) is 8.52. The Morgan fingerprint density at radius 1 is 1.24 bits per heavy atom. The highest BCUT2D eigenvalue weighted by molar-refractivity contribution is 7.98. The summed E-state index contributed by atoms with van der Waals surface area (Å²) < 4.78 is 0. The van der Waals surface area contributed by atoms with E-state index in [0.717, 1.165) is 11.4 Å². The van der Waals surface area contributed by atoms with Crippen molar-refractivity contribution in [1.29, 1.82) is 0 Å². The quantitative estimate of drug-likeness (QED) is 0.632. The highest BCUT2D eigenvalue weighted by Crippen LogP contribution is 2.29. The van der Waals surface area contributed by atoms with Gasteiger partial charge in [-0.15, -0.1) is 0 Å². The summed E-state index contributed by atoms with van der Waals surface area (Å²) >= 11 is 8.03. The van der Waals surface area contributed by atoms with Crippen LogP contribution in [0, 0.1) is 0 Å². The Morgan fingerprint density at radius 3 is 2.60 bits per heavy atom. The third-order valence-electron chi connectivity index (χ3n) is 3.88. The van der Waals surface area contributed by atoms with Crippen molar-refractivity contribution in [3.8, 4) is 0 Å². The van der Waals surface area contributed by atoms with Crippen LogP contribution in [0.5, 0.6) is 0 Å². The van der Waals surface area contributed by atoms with Crippen molar-refractivity contribution in [2.24, 2.45) is 5.73 Å². The second-order valence-electron chi connectivity index (χ2n) is 5.85. The van der Waals surface area contributed by atoms with Gasteiger partial charge >= 0.3 is 0 Å². The number of nitrogens with two attached hydrogens (primary N) is 1. The minimum Gasteiger partial charge on any atom is -0.377 e. The molecule has 0 saturated carbocycles. The fourth-order valence-electron chi connectivity index (χ4n) is 2.38. The summed E-state index contributed by atoms with van der Waals surface area (Å²) in [5, 5.41) is 6.76. The lowest BCUT2D eigenvalue weighted by Gasteiger charge is -2.18. The number of carbonyl (C=O) groups excluding carboxylic acids is 1. The van der Waals surface area contributed by atoms with Gasteiger partial charge in [-0.05, 0) is 49.1 Å². The number of hydrogen-bond donors (Lipinski definition) is 3. The minimum absolute atomic E-state index is 0.124. The van der Waals surface area contributed by atoms with Gasteiger partial charge in [0.25, 0.3) is 0 Å². The molecule has 2 aromatic carbocycles. The van der Waals surface area contributed by atoms with Crippen LogP contribution < -0.4 is 16.4 Å². The van der Waals surface area contributed by atoms with E-state index in [1.165, 1.54) is 5.56 Å². The van der Waals surface area contributed by atoms with Crippen LogP contribution in [0.4, 0.5) is 11.4 Å². The predicted molar refractivity (Wildman–Crippen MR) is 110 cm³/mol. The van der Waals surface area contributed by atoms with Crippen molar-refractivity contribution in [3.05, 3.63) is 59.1 Å². The Morgan fingerprint density at radius 2 is 1.96 bits per heavy atom. The number of thioether (sulfide) groups is 1. The predicted octanol–water partition coefficient (Wildman–Crippen LogP) is 4.53. The molecule has 0 saturated heterocycles. The lowest BCUT2D eigenvalue weighted by Crippen LogP contribution is -2.36. The summed E-state index contributed by atoms with van der Waals surface area (Å²) in [7, 11) is 0. The second kappa shape index (κ2) is 9.70. The van der Waals surface area contributed by atoms with Crippen molar-refractivity contribution in [2.45, 2.75) is 25.4 Å². The number of carbonyl (C=O) groups is 1. The van der Waals surface area contributed by atoms with Gasteiger partial charge in [-0.25, -0.2) is 0 Å². The molecule has 0 spiro atoms. The Labute approximate surface area is 158 Å². The van der Waals surface area contributed by atoms with Crippen LogP contribution in [0.3, 0.4) is 0 Å². The minimum atomic E-state index is -0.512. The number of halogens is 1. The number of anilines is 2. The summed E-state index contributed by atoms with van der Waals surface area (Å²) in [5.74, 6) is 0.665. The molecule has 1 amide bonds. The van der Waals surface area contributed by atoms with E-state index in [2.05, 4.69) is 29.7 Å². The van der Waals surface area contributed by atoms with E-state index in [0.29, 0.717) is 17.1 Å². The number of nitrogens with one attached hydrogen (secondary N) is 2. The molecule has 2 rings (SSSR count). The largest absolute Gasteiger partial charge is 0.377 e. The molecule has 0 aliphatic heterocycles. The number of rotatable bonds is 8. The van der Waals surface area contributed by atoms with Gasteiger partial charge in [-0.2, -0.15) is 11.8 Å². The standard InChI is InChI=1S/C19H24ClN3OS/c1-13(14-6-4-3-5-7-14)22-18-9-8-15(12-16(18)20)23-19(24)17(21)10-11-25-2/h3-9,12-13,17,22H,10-11,21H2,1-2H3,(H,23,24)/t13?,17-/m0/s1. The van der Waals surface area contributed by atoms with Gasteiger partial charge in [0, 0.05) is 11.7 Å². The molecule has 1 unspecified atom stereocenters. The van der Waals surface area contributed by atoms with Crippen LogP contribution in [0.15, 0.2) is 48.5 Å². The summed E-state index contributed by atoms with van der Waals surface area (Å²) in [6, 6.07) is 15.2. The zero-order chi connectivity index (χ0) is 18.2. The van der Waals surface area contributed by atoms with Crippen LogP contribution in [0.25, 0.3) is 0 Å². The van der Waals surface area contributed by atoms with Gasteiger partial charge < -0.3 is 16.4 Å². The number of hydrogen-bond acceptors (Lipinski definition) is 4. The molecule has 0 heterocycles. The van der Waals surface area contributed by atoms with Crippen molar-refractivity contribution in [2.75, 3.05) is 22.6 Å². The van der Waals surface area contributed by atoms with Crippen LogP contribution >= 0.6 is 23.4 Å². The third kappa shape index (κ3) is 5.96. The van der Waals surface area contributed by atoms with Gasteiger partial charge in [0.05, 0.1) is 16.8 Å². The molecular weight excluding hydrogens is 354 g/mol. The normalized spacial score (nSPS) is 13.1. The van der Waals surface area contributed by atoms with Crippen molar-refractivity contribution >= 4 is 40.6 Å². The highest BCUT2D eigenvalue weighted by Gasteiger charge is 2.14. The summed E-state index contributed by atoms with van der Waals surface area (Å²) in [6.45, 7) is 2.08. The molecule has 2 aromatic rings. The van der Waals surface area contributed by atoms with Crippen LogP contribution in [0.2, 0.25) is 5.02 Å². The first-order chi connectivity index (χ1) is 12.0. The maximum Gasteiger partial charge on any atom is 0.241 e. The average Bonchev–Trinajstić information content (AvgIpc) is 2.62. The lowest BCUT2D eigenvalue weighted by atomic mass is 10.1. The van der Waals surface area contributed by atoms with Crippen molar-refractivity contribution in [3.63, 3.8) is 0 Å². The Balaban J connectivity index is 1.99. The molecule has 25 heavy (non-hydrogen) atoms. The molecule has 0 aliphatic rings. The monoisotopic (exact) mass is 377 g/mol. The van der Waals surface area contributed by atoms with E-state index in [9.17, 15) is 4.79 Å². The molecule has 0 aromatic heterocycles. The molecule has 2 atom stereocenters. The maximum atomic E-state index is 12.1. The van der Waals surface area contributed by atoms with Gasteiger partial charge in [0.15, 0.2) is 0 Å². The van der Waals surface area contributed by atoms with E-state index >= 15 is 0 Å². The zero-order valence-corrected chi connectivity index (χ0v) is 16.0. The van der Waals surface area contributed by atoms with Crippen LogP contribution in [0.1, 0.15) is 24.9 Å². The fourth-order valence-corrected chi connectivity index (χ4v) is 3.10. The first kappa shape index (κ1) is 19.6. The van der Waals surface area contributed by atoms with E-state index < -0.39 is 6.04 Å². The van der Waals surface area contributed by atoms with E-state index in [1.807, 2.05) is 36.6 Å². The van der Waals surface area contributed by atoms with Crippen LogP contribution in [-0.4, -0.2) is 24.0 Å². The first-order valence-electron chi connectivity index (χ1n) is 8.17. The second-order valence-corrected chi connectivity index (χ2v) is 7.24. The topological polar surface area (TPSA) is 67.2 Å². The molecule has 4 N–H and O–H groups in total. The third-order valence-corrected chi connectivity index (χ3v) is 4.83. The molecule has 4 nitrogen and oxygen atoms in total. The van der Waals surface area contributed by atoms with Crippen molar-refractivity contribution < 1.29 is 4.79 Å². The average molecular weight is 378 g/mol. The van der Waals surface area contributed by atoms with E-state index in [4.69, 9.17) is 17.3 Å². The Bertz CT molecular complexity index is 696. The van der Waals surface area contributed by atoms with Gasteiger partial charge in [0.2, 0.25) is 5.91 Å².